The first kappa shape index (κ1) is 36.7. The molecule has 0 bridgehead atoms. The molecule has 0 radical (unpaired) electrons. The molecular formula is C32H41N11O7. The van der Waals surface area contributed by atoms with E-state index in [4.69, 9.17) is 0 Å². The van der Waals surface area contributed by atoms with E-state index in [1.54, 1.807) is 38.1 Å². The van der Waals surface area contributed by atoms with Crippen LogP contribution in [0.1, 0.15) is 54.8 Å². The van der Waals surface area contributed by atoms with Crippen molar-refractivity contribution in [3.63, 3.8) is 0 Å². The Labute approximate surface area is 287 Å². The van der Waals surface area contributed by atoms with E-state index in [0.29, 0.717) is 23.6 Å². The molecule has 0 saturated carbocycles. The summed E-state index contributed by atoms with van der Waals surface area (Å²) in [4.78, 5) is 76.2. The third-order valence-electron chi connectivity index (χ3n) is 7.66. The van der Waals surface area contributed by atoms with Gasteiger partial charge in [-0.15, -0.1) is 0 Å². The number of aromatic nitrogens is 4. The molecule has 0 aromatic carbocycles. The largest absolute Gasteiger partial charge is 0.356 e. The van der Waals surface area contributed by atoms with Crippen molar-refractivity contribution in [2.45, 2.75) is 12.8 Å². The molecule has 0 saturated heterocycles. The first-order valence-electron chi connectivity index (χ1n) is 15.6. The van der Waals surface area contributed by atoms with Crippen LogP contribution >= 0.6 is 0 Å². The Morgan fingerprint density at radius 3 is 1.48 bits per heavy atom. The van der Waals surface area contributed by atoms with E-state index in [9.17, 15) is 34.1 Å². The van der Waals surface area contributed by atoms with Crippen molar-refractivity contribution in [2.75, 3.05) is 49.7 Å². The molecule has 4 heterocycles. The molecule has 50 heavy (non-hydrogen) atoms. The van der Waals surface area contributed by atoms with Gasteiger partial charge in [-0.1, -0.05) is 0 Å². The first-order valence-corrected chi connectivity index (χ1v) is 15.6. The van der Waals surface area contributed by atoms with Crippen LogP contribution in [-0.4, -0.2) is 91.4 Å². The highest BCUT2D eigenvalue weighted by atomic mass is 16.6. The predicted octanol–water partition coefficient (Wildman–Crippen LogP) is 1.89. The summed E-state index contributed by atoms with van der Waals surface area (Å²) < 4.78 is 5.92. The van der Waals surface area contributed by atoms with Crippen molar-refractivity contribution < 1.29 is 28.9 Å². The van der Waals surface area contributed by atoms with E-state index in [2.05, 4.69) is 26.6 Å². The Bertz CT molecular complexity index is 1930. The zero-order valence-corrected chi connectivity index (χ0v) is 28.7. The number of amides is 5. The van der Waals surface area contributed by atoms with E-state index >= 15 is 0 Å². The Morgan fingerprint density at radius 2 is 1.06 bits per heavy atom. The fraction of sp³-hybridized carbons (Fsp3) is 0.344. The number of nitrogens with zero attached hydrogens (tertiary/aromatic N) is 6. The summed E-state index contributed by atoms with van der Waals surface area (Å²) in [5, 5.41) is 24.7. The lowest BCUT2D eigenvalue weighted by Crippen LogP contribution is -2.32. The van der Waals surface area contributed by atoms with Gasteiger partial charge in [0.2, 0.25) is 5.91 Å². The number of hydrogen-bond donors (Lipinski definition) is 5. The SMILES string of the molecule is CN(C)CCCNC(=O)CCNC(=O)c1cc(NC(=O)c2cc(NC(=O)c3cc(NC(=O)c4cc([N+](=O)[O-])cn4C)cn3C)cn2C)cn1C. The van der Waals surface area contributed by atoms with Gasteiger partial charge >= 0.3 is 0 Å². The number of rotatable bonds is 15. The average Bonchev–Trinajstić information content (AvgIpc) is 3.80. The van der Waals surface area contributed by atoms with Crippen molar-refractivity contribution in [3.8, 4) is 0 Å². The summed E-state index contributed by atoms with van der Waals surface area (Å²) in [5.41, 5.74) is 1.56. The molecule has 0 aliphatic heterocycles. The quantitative estimate of drug-likeness (QED) is 0.0704. The molecule has 266 valence electrons. The molecule has 4 rings (SSSR count). The first-order chi connectivity index (χ1) is 23.6. The van der Waals surface area contributed by atoms with E-state index in [1.165, 1.54) is 51.3 Å². The van der Waals surface area contributed by atoms with E-state index in [0.717, 1.165) is 19.0 Å². The number of nitro groups is 1. The third-order valence-corrected chi connectivity index (χ3v) is 7.66. The number of carbonyl (C=O) groups excluding carboxylic acids is 5. The molecule has 18 heteroatoms. The molecule has 4 aromatic heterocycles. The second-order valence-corrected chi connectivity index (χ2v) is 12.0. The summed E-state index contributed by atoms with van der Waals surface area (Å²) in [6.07, 6.45) is 6.86. The second-order valence-electron chi connectivity index (χ2n) is 12.0. The molecule has 4 aromatic rings. The molecule has 0 atom stereocenters. The topological polar surface area (TPSA) is 212 Å². The molecule has 5 N–H and O–H groups in total. The molecule has 5 amide bonds. The van der Waals surface area contributed by atoms with Crippen molar-refractivity contribution in [2.24, 2.45) is 28.2 Å². The van der Waals surface area contributed by atoms with Crippen LogP contribution in [0, 0.1) is 10.1 Å². The minimum Gasteiger partial charge on any atom is -0.356 e. The maximum atomic E-state index is 13.1. The van der Waals surface area contributed by atoms with Crippen LogP contribution in [0.5, 0.6) is 0 Å². The zero-order chi connectivity index (χ0) is 36.7. The third kappa shape index (κ3) is 9.25. The van der Waals surface area contributed by atoms with E-state index < -0.39 is 28.6 Å². The maximum absolute atomic E-state index is 13.1. The zero-order valence-electron chi connectivity index (χ0n) is 28.7. The highest BCUT2D eigenvalue weighted by molar-refractivity contribution is 6.08. The normalized spacial score (nSPS) is 10.9. The lowest BCUT2D eigenvalue weighted by atomic mass is 10.3. The maximum Gasteiger partial charge on any atom is 0.287 e. The van der Waals surface area contributed by atoms with E-state index in [1.807, 2.05) is 19.0 Å². The average molecular weight is 692 g/mol. The minimum absolute atomic E-state index is 0.0691. The van der Waals surface area contributed by atoms with Gasteiger partial charge in [0, 0.05) is 72.4 Å². The fourth-order valence-electron chi connectivity index (χ4n) is 5.13. The second kappa shape index (κ2) is 15.8. The summed E-state index contributed by atoms with van der Waals surface area (Å²) in [7, 11) is 10.3. The van der Waals surface area contributed by atoms with Gasteiger partial charge < -0.3 is 49.8 Å². The van der Waals surface area contributed by atoms with Gasteiger partial charge in [-0.2, -0.15) is 0 Å². The van der Waals surface area contributed by atoms with Crippen LogP contribution < -0.4 is 26.6 Å². The predicted molar refractivity (Wildman–Crippen MR) is 185 cm³/mol. The molecule has 18 nitrogen and oxygen atoms in total. The van der Waals surface area contributed by atoms with Crippen LogP contribution in [0.3, 0.4) is 0 Å². The molecule has 0 aliphatic rings. The smallest absolute Gasteiger partial charge is 0.287 e. The van der Waals surface area contributed by atoms with Gasteiger partial charge in [-0.05, 0) is 45.3 Å². The van der Waals surface area contributed by atoms with Crippen molar-refractivity contribution in [1.29, 1.82) is 0 Å². The Hall–Kier alpha value is -6.17. The van der Waals surface area contributed by atoms with Gasteiger partial charge in [0.15, 0.2) is 0 Å². The summed E-state index contributed by atoms with van der Waals surface area (Å²) in [6, 6.07) is 5.61. The number of nitrogens with one attached hydrogen (secondary N) is 5. The van der Waals surface area contributed by atoms with Gasteiger partial charge in [-0.25, -0.2) is 0 Å². The summed E-state index contributed by atoms with van der Waals surface area (Å²) in [5.74, 6) is -2.14. The standard InChI is InChI=1S/C32H41N11O7/c1-38(2)11-7-9-33-28(44)8-10-34-29(45)24-12-20(16-39(24)3)35-30(46)25-13-21(17-40(25)4)36-31(47)26-14-22(18-41(26)5)37-32(48)27-15-23(43(49)50)19-42(27)6/h12-19H,7-11H2,1-6H3,(H,33,44)(H,34,45)(H,35,46)(H,36,47)(H,37,48). The Morgan fingerprint density at radius 1 is 0.640 bits per heavy atom. The van der Waals surface area contributed by atoms with Crippen LogP contribution in [0.2, 0.25) is 0 Å². The van der Waals surface area contributed by atoms with Gasteiger partial charge in [0.05, 0.1) is 28.2 Å². The molecular weight excluding hydrogens is 650 g/mol. The molecule has 0 spiro atoms. The molecule has 0 fully saturated rings. The number of carbonyl (C=O) groups is 5. The summed E-state index contributed by atoms with van der Waals surface area (Å²) in [6.45, 7) is 1.57. The minimum atomic E-state index is -0.596. The highest BCUT2D eigenvalue weighted by Crippen LogP contribution is 2.21. The number of anilines is 3. The van der Waals surface area contributed by atoms with Gasteiger partial charge in [-0.3, -0.25) is 34.1 Å². The molecule has 0 unspecified atom stereocenters. The highest BCUT2D eigenvalue weighted by Gasteiger charge is 2.21. The summed E-state index contributed by atoms with van der Waals surface area (Å²) >= 11 is 0. The number of hydrogen-bond acceptors (Lipinski definition) is 8. The Balaban J connectivity index is 1.31. The van der Waals surface area contributed by atoms with Crippen LogP contribution in [-0.2, 0) is 33.0 Å². The lowest BCUT2D eigenvalue weighted by Gasteiger charge is -2.10. The van der Waals surface area contributed by atoms with Crippen molar-refractivity contribution in [1.82, 2.24) is 33.8 Å². The monoisotopic (exact) mass is 691 g/mol. The fourth-order valence-corrected chi connectivity index (χ4v) is 5.13. The van der Waals surface area contributed by atoms with Crippen LogP contribution in [0.25, 0.3) is 0 Å². The van der Waals surface area contributed by atoms with Crippen LogP contribution in [0.4, 0.5) is 22.7 Å². The lowest BCUT2D eigenvalue weighted by molar-refractivity contribution is -0.384. The van der Waals surface area contributed by atoms with Crippen molar-refractivity contribution >= 4 is 52.3 Å². The van der Waals surface area contributed by atoms with Crippen LogP contribution in [0.15, 0.2) is 49.1 Å². The van der Waals surface area contributed by atoms with E-state index in [-0.39, 0.29) is 47.3 Å². The van der Waals surface area contributed by atoms with Gasteiger partial charge in [0.1, 0.15) is 22.8 Å². The number of aryl methyl sites for hydroxylation is 4. The van der Waals surface area contributed by atoms with Gasteiger partial charge in [0.25, 0.3) is 29.3 Å². The molecule has 0 aliphatic carbocycles. The van der Waals surface area contributed by atoms with Crippen molar-refractivity contribution in [3.05, 3.63) is 81.9 Å². The Kier molecular flexibility index (Phi) is 11.6.